The van der Waals surface area contributed by atoms with Crippen LogP contribution in [0, 0.1) is 0 Å². The molecule has 0 unspecified atom stereocenters. The molecule has 0 bridgehead atoms. The SMILES string of the molecule is CCCNC(=O)CNC(=NC)NCc1ccc(C(F)(F)F)cc1.I. The molecule has 1 aromatic carbocycles. The third kappa shape index (κ3) is 8.37. The summed E-state index contributed by atoms with van der Waals surface area (Å²) in [7, 11) is 1.55. The summed E-state index contributed by atoms with van der Waals surface area (Å²) >= 11 is 0. The van der Waals surface area contributed by atoms with Gasteiger partial charge in [-0.05, 0) is 24.1 Å². The van der Waals surface area contributed by atoms with Gasteiger partial charge in [-0.2, -0.15) is 13.2 Å². The smallest absolute Gasteiger partial charge is 0.355 e. The van der Waals surface area contributed by atoms with Gasteiger partial charge < -0.3 is 16.0 Å². The number of carbonyl (C=O) groups excluding carboxylic acids is 1. The predicted molar refractivity (Wildman–Crippen MR) is 98.4 cm³/mol. The minimum absolute atomic E-state index is 0. The normalized spacial score (nSPS) is 11.5. The average molecular weight is 458 g/mol. The van der Waals surface area contributed by atoms with Crippen LogP contribution in [-0.2, 0) is 17.5 Å². The van der Waals surface area contributed by atoms with Crippen molar-refractivity contribution >= 4 is 35.8 Å². The van der Waals surface area contributed by atoms with Gasteiger partial charge in [-0.15, -0.1) is 24.0 Å². The first-order valence-electron chi connectivity index (χ1n) is 7.24. The molecule has 1 rings (SSSR count). The molecular formula is C15H22F3IN4O. The Morgan fingerprint density at radius 3 is 2.25 bits per heavy atom. The van der Waals surface area contributed by atoms with Crippen molar-refractivity contribution in [3.05, 3.63) is 35.4 Å². The van der Waals surface area contributed by atoms with E-state index < -0.39 is 11.7 Å². The van der Waals surface area contributed by atoms with Crippen molar-refractivity contribution in [3.8, 4) is 0 Å². The average Bonchev–Trinajstić information content (AvgIpc) is 2.52. The number of rotatable bonds is 6. The number of hydrogen-bond acceptors (Lipinski definition) is 2. The van der Waals surface area contributed by atoms with E-state index in [4.69, 9.17) is 0 Å². The van der Waals surface area contributed by atoms with Crippen LogP contribution in [0.1, 0.15) is 24.5 Å². The van der Waals surface area contributed by atoms with Crippen LogP contribution in [0.15, 0.2) is 29.3 Å². The van der Waals surface area contributed by atoms with Crippen LogP contribution in [0.3, 0.4) is 0 Å². The van der Waals surface area contributed by atoms with Crippen molar-refractivity contribution in [2.45, 2.75) is 26.1 Å². The number of aliphatic imine (C=N–C) groups is 1. The fourth-order valence-corrected chi connectivity index (χ4v) is 1.71. The highest BCUT2D eigenvalue weighted by molar-refractivity contribution is 14.0. The van der Waals surface area contributed by atoms with Crippen LogP contribution in [0.5, 0.6) is 0 Å². The molecule has 0 heterocycles. The molecule has 0 fully saturated rings. The van der Waals surface area contributed by atoms with Gasteiger partial charge in [-0.25, -0.2) is 0 Å². The number of nitrogens with one attached hydrogen (secondary N) is 3. The van der Waals surface area contributed by atoms with Gasteiger partial charge in [0.05, 0.1) is 12.1 Å². The van der Waals surface area contributed by atoms with Crippen molar-refractivity contribution < 1.29 is 18.0 Å². The summed E-state index contributed by atoms with van der Waals surface area (Å²) in [6, 6.07) is 4.87. The highest BCUT2D eigenvalue weighted by Crippen LogP contribution is 2.28. The standard InChI is InChI=1S/C15H21F3N4O.HI/c1-3-8-20-13(23)10-22-14(19-2)21-9-11-4-6-12(7-5-11)15(16,17)18;/h4-7H,3,8-10H2,1-2H3,(H,20,23)(H2,19,21,22);1H. The highest BCUT2D eigenvalue weighted by Gasteiger charge is 2.29. The van der Waals surface area contributed by atoms with E-state index in [2.05, 4.69) is 20.9 Å². The Bertz CT molecular complexity index is 533. The molecular weight excluding hydrogens is 436 g/mol. The van der Waals surface area contributed by atoms with Crippen LogP contribution in [0.2, 0.25) is 0 Å². The number of halogens is 4. The number of hydrogen-bond donors (Lipinski definition) is 3. The van der Waals surface area contributed by atoms with Gasteiger partial charge >= 0.3 is 6.18 Å². The number of amides is 1. The molecule has 24 heavy (non-hydrogen) atoms. The maximum absolute atomic E-state index is 12.5. The van der Waals surface area contributed by atoms with Gasteiger partial charge in [0.25, 0.3) is 0 Å². The van der Waals surface area contributed by atoms with Crippen LogP contribution in [0.4, 0.5) is 13.2 Å². The summed E-state index contributed by atoms with van der Waals surface area (Å²) < 4.78 is 37.4. The van der Waals surface area contributed by atoms with Gasteiger partial charge in [0.1, 0.15) is 0 Å². The van der Waals surface area contributed by atoms with Gasteiger partial charge in [0.15, 0.2) is 5.96 Å². The lowest BCUT2D eigenvalue weighted by Gasteiger charge is -2.12. The molecule has 0 atom stereocenters. The lowest BCUT2D eigenvalue weighted by atomic mass is 10.1. The summed E-state index contributed by atoms with van der Waals surface area (Å²) in [5.41, 5.74) is -0.00673. The predicted octanol–water partition coefficient (Wildman–Crippen LogP) is 2.51. The molecule has 0 aromatic heterocycles. The molecule has 3 N–H and O–H groups in total. The molecule has 0 aliphatic heterocycles. The lowest BCUT2D eigenvalue weighted by molar-refractivity contribution is -0.137. The van der Waals surface area contributed by atoms with Gasteiger partial charge in [-0.3, -0.25) is 9.79 Å². The van der Waals surface area contributed by atoms with Crippen molar-refractivity contribution in [3.63, 3.8) is 0 Å². The minimum Gasteiger partial charge on any atom is -0.355 e. The lowest BCUT2D eigenvalue weighted by Crippen LogP contribution is -2.43. The second-order valence-electron chi connectivity index (χ2n) is 4.82. The van der Waals surface area contributed by atoms with Gasteiger partial charge in [0.2, 0.25) is 5.91 Å². The Balaban J connectivity index is 0.00000529. The monoisotopic (exact) mass is 458 g/mol. The van der Waals surface area contributed by atoms with Crippen molar-refractivity contribution in [1.29, 1.82) is 0 Å². The second kappa shape index (κ2) is 11.1. The Kier molecular flexibility index (Phi) is 10.4. The first-order chi connectivity index (χ1) is 10.9. The number of carbonyl (C=O) groups is 1. The molecule has 9 heteroatoms. The fourth-order valence-electron chi connectivity index (χ4n) is 1.71. The minimum atomic E-state index is -4.34. The zero-order chi connectivity index (χ0) is 17.3. The molecule has 1 amide bonds. The first kappa shape index (κ1) is 22.5. The van der Waals surface area contributed by atoms with E-state index in [1.165, 1.54) is 12.1 Å². The maximum atomic E-state index is 12.5. The van der Waals surface area contributed by atoms with E-state index in [9.17, 15) is 18.0 Å². The Morgan fingerprint density at radius 1 is 1.12 bits per heavy atom. The van der Waals surface area contributed by atoms with Crippen molar-refractivity contribution in [2.75, 3.05) is 20.1 Å². The largest absolute Gasteiger partial charge is 0.416 e. The molecule has 0 saturated heterocycles. The Labute approximate surface area is 156 Å². The van der Waals surface area contributed by atoms with E-state index in [-0.39, 0.29) is 36.4 Å². The quantitative estimate of drug-likeness (QED) is 0.349. The summed E-state index contributed by atoms with van der Waals surface area (Å²) in [5.74, 6) is 0.251. The van der Waals surface area contributed by atoms with Crippen LogP contribution >= 0.6 is 24.0 Å². The van der Waals surface area contributed by atoms with Gasteiger partial charge in [0, 0.05) is 20.1 Å². The summed E-state index contributed by atoms with van der Waals surface area (Å²) in [6.45, 7) is 2.94. The van der Waals surface area contributed by atoms with Gasteiger partial charge in [-0.1, -0.05) is 19.1 Å². The summed E-state index contributed by atoms with van der Waals surface area (Å²) in [4.78, 5) is 15.4. The number of benzene rings is 1. The molecule has 5 nitrogen and oxygen atoms in total. The zero-order valence-electron chi connectivity index (χ0n) is 13.5. The zero-order valence-corrected chi connectivity index (χ0v) is 15.9. The molecule has 0 saturated carbocycles. The number of nitrogens with zero attached hydrogens (tertiary/aromatic N) is 1. The fraction of sp³-hybridized carbons (Fsp3) is 0.467. The molecule has 0 aliphatic rings. The number of guanidine groups is 1. The highest BCUT2D eigenvalue weighted by atomic mass is 127. The van der Waals surface area contributed by atoms with E-state index in [1.807, 2.05) is 6.92 Å². The third-order valence-corrected chi connectivity index (χ3v) is 2.95. The Morgan fingerprint density at radius 2 is 1.75 bits per heavy atom. The molecule has 136 valence electrons. The van der Waals surface area contributed by atoms with E-state index in [0.29, 0.717) is 24.6 Å². The first-order valence-corrected chi connectivity index (χ1v) is 7.24. The summed E-state index contributed by atoms with van der Waals surface area (Å²) in [5, 5.41) is 8.48. The van der Waals surface area contributed by atoms with Crippen molar-refractivity contribution in [1.82, 2.24) is 16.0 Å². The molecule has 0 spiro atoms. The van der Waals surface area contributed by atoms with Crippen LogP contribution < -0.4 is 16.0 Å². The molecule has 0 aliphatic carbocycles. The van der Waals surface area contributed by atoms with E-state index in [1.54, 1.807) is 7.05 Å². The molecule has 1 aromatic rings. The van der Waals surface area contributed by atoms with Crippen molar-refractivity contribution in [2.24, 2.45) is 4.99 Å². The number of alkyl halides is 3. The summed E-state index contributed by atoms with van der Waals surface area (Å²) in [6.07, 6.45) is -3.48. The third-order valence-electron chi connectivity index (χ3n) is 2.95. The van der Waals surface area contributed by atoms with Crippen LogP contribution in [-0.4, -0.2) is 32.0 Å². The topological polar surface area (TPSA) is 65.5 Å². The van der Waals surface area contributed by atoms with E-state index >= 15 is 0 Å². The molecule has 0 radical (unpaired) electrons. The second-order valence-corrected chi connectivity index (χ2v) is 4.82. The maximum Gasteiger partial charge on any atom is 0.416 e. The van der Waals surface area contributed by atoms with E-state index in [0.717, 1.165) is 18.6 Å². The van der Waals surface area contributed by atoms with Crippen LogP contribution in [0.25, 0.3) is 0 Å². The Hall–Kier alpha value is -1.52.